The molecule has 0 amide bonds. The molecule has 0 aliphatic carbocycles. The number of ether oxygens (including phenoxy) is 1. The third-order valence-electron chi connectivity index (χ3n) is 3.22. The molecule has 1 aliphatic rings. The molecule has 116 valence electrons. The Balaban J connectivity index is 1.63. The summed E-state index contributed by atoms with van der Waals surface area (Å²) in [5.41, 5.74) is 0.430. The fraction of sp³-hybridized carbons (Fsp3) is 0.500. The number of benzene rings is 1. The molecule has 4 nitrogen and oxygen atoms in total. The van der Waals surface area contributed by atoms with Crippen molar-refractivity contribution in [3.8, 4) is 0 Å². The van der Waals surface area contributed by atoms with E-state index in [-0.39, 0.29) is 0 Å². The van der Waals surface area contributed by atoms with Gasteiger partial charge in [0.2, 0.25) is 0 Å². The molecule has 0 atom stereocenters. The summed E-state index contributed by atoms with van der Waals surface area (Å²) in [4.78, 5) is 2.34. The number of hydrogen-bond donors (Lipinski definition) is 2. The topological polar surface area (TPSA) is 36.5 Å². The molecule has 7 heteroatoms. The summed E-state index contributed by atoms with van der Waals surface area (Å²) < 4.78 is 31.1. The number of rotatable bonds is 5. The van der Waals surface area contributed by atoms with Crippen LogP contribution in [0.3, 0.4) is 0 Å². The Morgan fingerprint density at radius 1 is 1.24 bits per heavy atom. The summed E-state index contributed by atoms with van der Waals surface area (Å²) in [6, 6.07) is 3.59. The zero-order valence-corrected chi connectivity index (χ0v) is 12.5. The average Bonchev–Trinajstić information content (AvgIpc) is 2.49. The largest absolute Gasteiger partial charge is 0.379 e. The minimum Gasteiger partial charge on any atom is -0.379 e. The first-order chi connectivity index (χ1) is 10.1. The first kappa shape index (κ1) is 16.1. The van der Waals surface area contributed by atoms with Gasteiger partial charge in [-0.25, -0.2) is 8.78 Å². The lowest BCUT2D eigenvalue weighted by atomic mass is 10.3. The molecule has 1 heterocycles. The SMILES string of the molecule is Fc1ccc(NC(=S)NCCCN2CCOCC2)cc1F. The van der Waals surface area contributed by atoms with Crippen LogP contribution in [0.5, 0.6) is 0 Å². The van der Waals surface area contributed by atoms with Gasteiger partial charge < -0.3 is 15.4 Å². The normalized spacial score (nSPS) is 15.7. The fourth-order valence-corrected chi connectivity index (χ4v) is 2.30. The lowest BCUT2D eigenvalue weighted by Gasteiger charge is -2.26. The second-order valence-corrected chi connectivity index (χ2v) is 5.23. The standard InChI is InChI=1S/C14H19F2N3OS/c15-12-3-2-11(10-13(12)16)18-14(21)17-4-1-5-19-6-8-20-9-7-19/h2-3,10H,1,4-9H2,(H2,17,18,21). The summed E-state index contributed by atoms with van der Waals surface area (Å²) in [6.45, 7) is 5.25. The Morgan fingerprint density at radius 2 is 2.00 bits per heavy atom. The van der Waals surface area contributed by atoms with Gasteiger partial charge in [0.15, 0.2) is 16.7 Å². The molecule has 1 saturated heterocycles. The van der Waals surface area contributed by atoms with Crippen molar-refractivity contribution in [2.24, 2.45) is 0 Å². The highest BCUT2D eigenvalue weighted by atomic mass is 32.1. The van der Waals surface area contributed by atoms with Crippen molar-refractivity contribution in [3.63, 3.8) is 0 Å². The number of morpholine rings is 1. The van der Waals surface area contributed by atoms with Gasteiger partial charge >= 0.3 is 0 Å². The zero-order chi connectivity index (χ0) is 15.1. The zero-order valence-electron chi connectivity index (χ0n) is 11.7. The highest BCUT2D eigenvalue weighted by Gasteiger charge is 2.09. The molecule has 0 aromatic heterocycles. The van der Waals surface area contributed by atoms with Gasteiger partial charge in [-0.15, -0.1) is 0 Å². The van der Waals surface area contributed by atoms with Crippen LogP contribution >= 0.6 is 12.2 Å². The lowest BCUT2D eigenvalue weighted by molar-refractivity contribution is 0.0376. The second-order valence-electron chi connectivity index (χ2n) is 4.82. The Bertz CT molecular complexity index is 481. The van der Waals surface area contributed by atoms with E-state index in [0.717, 1.165) is 57.9 Å². The molecule has 1 aromatic rings. The van der Waals surface area contributed by atoms with Gasteiger partial charge in [0.25, 0.3) is 0 Å². The van der Waals surface area contributed by atoms with E-state index in [4.69, 9.17) is 17.0 Å². The maximum atomic E-state index is 13.0. The third-order valence-corrected chi connectivity index (χ3v) is 3.46. The predicted molar refractivity (Wildman–Crippen MR) is 82.5 cm³/mol. The average molecular weight is 315 g/mol. The molecule has 0 spiro atoms. The van der Waals surface area contributed by atoms with Crippen molar-refractivity contribution in [1.29, 1.82) is 0 Å². The van der Waals surface area contributed by atoms with Crippen LogP contribution in [-0.2, 0) is 4.74 Å². The highest BCUT2D eigenvalue weighted by Crippen LogP contribution is 2.12. The van der Waals surface area contributed by atoms with E-state index in [1.807, 2.05) is 0 Å². The van der Waals surface area contributed by atoms with E-state index < -0.39 is 11.6 Å². The van der Waals surface area contributed by atoms with E-state index >= 15 is 0 Å². The van der Waals surface area contributed by atoms with Crippen molar-refractivity contribution in [1.82, 2.24) is 10.2 Å². The van der Waals surface area contributed by atoms with E-state index in [9.17, 15) is 8.78 Å². The van der Waals surface area contributed by atoms with Crippen LogP contribution in [0.2, 0.25) is 0 Å². The van der Waals surface area contributed by atoms with Gasteiger partial charge in [-0.1, -0.05) is 0 Å². The van der Waals surface area contributed by atoms with Crippen molar-refractivity contribution in [2.45, 2.75) is 6.42 Å². The molecular formula is C14H19F2N3OS. The van der Waals surface area contributed by atoms with E-state index in [0.29, 0.717) is 10.8 Å². The number of halogens is 2. The molecule has 0 unspecified atom stereocenters. The lowest BCUT2D eigenvalue weighted by Crippen LogP contribution is -2.38. The van der Waals surface area contributed by atoms with Crippen LogP contribution in [0.1, 0.15) is 6.42 Å². The van der Waals surface area contributed by atoms with Crippen LogP contribution in [0.4, 0.5) is 14.5 Å². The summed E-state index contributed by atoms with van der Waals surface area (Å²) in [5, 5.41) is 6.29. The monoisotopic (exact) mass is 315 g/mol. The van der Waals surface area contributed by atoms with Crippen LogP contribution < -0.4 is 10.6 Å². The molecular weight excluding hydrogens is 296 g/mol. The minimum atomic E-state index is -0.893. The number of thiocarbonyl (C=S) groups is 1. The van der Waals surface area contributed by atoms with Crippen molar-refractivity contribution < 1.29 is 13.5 Å². The van der Waals surface area contributed by atoms with E-state index in [2.05, 4.69) is 15.5 Å². The quantitative estimate of drug-likeness (QED) is 0.642. The van der Waals surface area contributed by atoms with E-state index in [1.165, 1.54) is 6.07 Å². The van der Waals surface area contributed by atoms with Gasteiger partial charge in [-0.3, -0.25) is 4.90 Å². The molecule has 21 heavy (non-hydrogen) atoms. The Labute approximate surface area is 128 Å². The maximum Gasteiger partial charge on any atom is 0.170 e. The van der Waals surface area contributed by atoms with Gasteiger partial charge in [0.05, 0.1) is 13.2 Å². The summed E-state index contributed by atoms with van der Waals surface area (Å²) in [6.07, 6.45) is 0.958. The number of nitrogens with zero attached hydrogens (tertiary/aromatic N) is 1. The van der Waals surface area contributed by atoms with Crippen LogP contribution in [0.15, 0.2) is 18.2 Å². The predicted octanol–water partition coefficient (Wildman–Crippen LogP) is 1.97. The number of hydrogen-bond acceptors (Lipinski definition) is 3. The molecule has 2 N–H and O–H groups in total. The molecule has 1 fully saturated rings. The molecule has 0 radical (unpaired) electrons. The molecule has 0 saturated carbocycles. The summed E-state index contributed by atoms with van der Waals surface area (Å²) >= 11 is 5.11. The Morgan fingerprint density at radius 3 is 2.71 bits per heavy atom. The van der Waals surface area contributed by atoms with Crippen LogP contribution in [0.25, 0.3) is 0 Å². The smallest absolute Gasteiger partial charge is 0.170 e. The van der Waals surface area contributed by atoms with Gasteiger partial charge in [0, 0.05) is 31.4 Å². The van der Waals surface area contributed by atoms with Crippen molar-refractivity contribution >= 4 is 23.0 Å². The van der Waals surface area contributed by atoms with Gasteiger partial charge in [-0.05, 0) is 37.3 Å². The summed E-state index contributed by atoms with van der Waals surface area (Å²) in [5.74, 6) is -1.76. The first-order valence-electron chi connectivity index (χ1n) is 6.95. The number of anilines is 1. The van der Waals surface area contributed by atoms with Crippen molar-refractivity contribution in [3.05, 3.63) is 29.8 Å². The fourth-order valence-electron chi connectivity index (χ4n) is 2.08. The van der Waals surface area contributed by atoms with E-state index in [1.54, 1.807) is 0 Å². The van der Waals surface area contributed by atoms with Crippen LogP contribution in [-0.4, -0.2) is 49.4 Å². The third kappa shape index (κ3) is 5.53. The highest BCUT2D eigenvalue weighted by molar-refractivity contribution is 7.80. The maximum absolute atomic E-state index is 13.0. The first-order valence-corrected chi connectivity index (χ1v) is 7.36. The second kappa shape index (κ2) is 8.21. The van der Waals surface area contributed by atoms with Gasteiger partial charge in [-0.2, -0.15) is 0 Å². The van der Waals surface area contributed by atoms with Gasteiger partial charge in [0.1, 0.15) is 0 Å². The summed E-state index contributed by atoms with van der Waals surface area (Å²) in [7, 11) is 0. The van der Waals surface area contributed by atoms with Crippen LogP contribution in [0, 0.1) is 11.6 Å². The molecule has 0 bridgehead atoms. The molecule has 1 aliphatic heterocycles. The molecule has 2 rings (SSSR count). The minimum absolute atomic E-state index is 0.406. The van der Waals surface area contributed by atoms with Crippen molar-refractivity contribution in [2.75, 3.05) is 44.7 Å². The Kier molecular flexibility index (Phi) is 6.28. The molecule has 1 aromatic carbocycles. The Hall–Kier alpha value is -1.31. The number of nitrogens with one attached hydrogen (secondary N) is 2.